The summed E-state index contributed by atoms with van der Waals surface area (Å²) in [7, 11) is 1.56. The standard InChI is InChI=1S/C11H13ClO2/c1-6-7(2)11(14-4)9(8(3)13)5-10(6)12/h5H,1-4H3. The Morgan fingerprint density at radius 2 is 1.93 bits per heavy atom. The highest BCUT2D eigenvalue weighted by Gasteiger charge is 2.14. The van der Waals surface area contributed by atoms with Crippen LogP contribution in [0.15, 0.2) is 6.07 Å². The number of Topliss-reactive ketones (excluding diaryl/α,β-unsaturated/α-hetero) is 1. The molecule has 3 heteroatoms. The van der Waals surface area contributed by atoms with E-state index in [1.807, 2.05) is 13.8 Å². The quantitative estimate of drug-likeness (QED) is 0.704. The molecule has 0 unspecified atom stereocenters. The number of ether oxygens (including phenoxy) is 1. The van der Waals surface area contributed by atoms with Crippen LogP contribution in [0.25, 0.3) is 0 Å². The molecule has 0 fully saturated rings. The smallest absolute Gasteiger partial charge is 0.163 e. The minimum atomic E-state index is -0.0353. The first kappa shape index (κ1) is 11.1. The summed E-state index contributed by atoms with van der Waals surface area (Å²) in [5.74, 6) is 0.589. The molecule has 1 rings (SSSR count). The van der Waals surface area contributed by atoms with Crippen molar-refractivity contribution in [3.63, 3.8) is 0 Å². The van der Waals surface area contributed by atoms with Crippen LogP contribution in [0.5, 0.6) is 5.75 Å². The molecule has 0 spiro atoms. The van der Waals surface area contributed by atoms with Gasteiger partial charge in [0.05, 0.1) is 12.7 Å². The third kappa shape index (κ3) is 1.75. The molecule has 0 aromatic heterocycles. The molecule has 14 heavy (non-hydrogen) atoms. The molecule has 0 heterocycles. The maximum atomic E-state index is 11.3. The van der Waals surface area contributed by atoms with Crippen molar-refractivity contribution in [2.45, 2.75) is 20.8 Å². The minimum absolute atomic E-state index is 0.0353. The summed E-state index contributed by atoms with van der Waals surface area (Å²) in [6.07, 6.45) is 0. The lowest BCUT2D eigenvalue weighted by Crippen LogP contribution is -2.01. The average molecular weight is 213 g/mol. The van der Waals surface area contributed by atoms with Gasteiger partial charge in [-0.05, 0) is 38.0 Å². The summed E-state index contributed by atoms with van der Waals surface area (Å²) >= 11 is 5.98. The van der Waals surface area contributed by atoms with E-state index in [1.165, 1.54) is 6.92 Å². The van der Waals surface area contributed by atoms with Gasteiger partial charge in [-0.2, -0.15) is 0 Å². The Morgan fingerprint density at radius 1 is 1.36 bits per heavy atom. The van der Waals surface area contributed by atoms with Crippen LogP contribution in [0.4, 0.5) is 0 Å². The number of benzene rings is 1. The number of carbonyl (C=O) groups excluding carboxylic acids is 1. The number of carbonyl (C=O) groups is 1. The maximum absolute atomic E-state index is 11.3. The van der Waals surface area contributed by atoms with E-state index in [0.29, 0.717) is 16.3 Å². The first-order chi connectivity index (χ1) is 6.49. The third-order valence-electron chi connectivity index (χ3n) is 2.36. The van der Waals surface area contributed by atoms with Crippen LogP contribution in [0.3, 0.4) is 0 Å². The van der Waals surface area contributed by atoms with Crippen LogP contribution in [-0.2, 0) is 0 Å². The minimum Gasteiger partial charge on any atom is -0.496 e. The monoisotopic (exact) mass is 212 g/mol. The zero-order valence-electron chi connectivity index (χ0n) is 8.77. The molecule has 0 N–H and O–H groups in total. The normalized spacial score (nSPS) is 10.1. The molecule has 76 valence electrons. The molecule has 2 nitrogen and oxygen atoms in total. The van der Waals surface area contributed by atoms with Gasteiger partial charge in [0.15, 0.2) is 5.78 Å². The first-order valence-electron chi connectivity index (χ1n) is 4.33. The summed E-state index contributed by atoms with van der Waals surface area (Å²) in [6, 6.07) is 1.66. The van der Waals surface area contributed by atoms with Gasteiger partial charge in [-0.25, -0.2) is 0 Å². The number of rotatable bonds is 2. The summed E-state index contributed by atoms with van der Waals surface area (Å²) in [5.41, 5.74) is 2.42. The second-order valence-corrected chi connectivity index (χ2v) is 3.65. The molecular formula is C11H13ClO2. The van der Waals surface area contributed by atoms with E-state index < -0.39 is 0 Å². The lowest BCUT2D eigenvalue weighted by Gasteiger charge is -2.12. The zero-order chi connectivity index (χ0) is 10.9. The van der Waals surface area contributed by atoms with Crippen molar-refractivity contribution in [2.24, 2.45) is 0 Å². The van der Waals surface area contributed by atoms with Crippen molar-refractivity contribution >= 4 is 17.4 Å². The summed E-state index contributed by atoms with van der Waals surface area (Å²) in [4.78, 5) is 11.3. The number of ketones is 1. The molecule has 1 aromatic carbocycles. The van der Waals surface area contributed by atoms with Gasteiger partial charge in [-0.15, -0.1) is 0 Å². The van der Waals surface area contributed by atoms with Gasteiger partial charge < -0.3 is 4.74 Å². The molecule has 0 amide bonds. The van der Waals surface area contributed by atoms with Gasteiger partial charge in [0.25, 0.3) is 0 Å². The molecular weight excluding hydrogens is 200 g/mol. The predicted molar refractivity (Wildman–Crippen MR) is 57.5 cm³/mol. The van der Waals surface area contributed by atoms with Crippen LogP contribution in [0, 0.1) is 13.8 Å². The molecule has 0 aliphatic heterocycles. The summed E-state index contributed by atoms with van der Waals surface area (Å²) < 4.78 is 5.19. The third-order valence-corrected chi connectivity index (χ3v) is 2.75. The molecule has 0 aliphatic carbocycles. The second-order valence-electron chi connectivity index (χ2n) is 3.25. The lowest BCUT2D eigenvalue weighted by atomic mass is 10.0. The van der Waals surface area contributed by atoms with E-state index in [4.69, 9.17) is 16.3 Å². The SMILES string of the molecule is COc1c(C(C)=O)cc(Cl)c(C)c1C. The summed E-state index contributed by atoms with van der Waals surface area (Å²) in [5, 5.41) is 0.605. The lowest BCUT2D eigenvalue weighted by molar-refractivity contribution is 0.101. The van der Waals surface area contributed by atoms with Crippen molar-refractivity contribution in [1.29, 1.82) is 0 Å². The number of hydrogen-bond donors (Lipinski definition) is 0. The number of halogens is 1. The number of hydrogen-bond acceptors (Lipinski definition) is 2. The van der Waals surface area contributed by atoms with Crippen LogP contribution in [0.1, 0.15) is 28.4 Å². The molecule has 0 aliphatic rings. The van der Waals surface area contributed by atoms with Gasteiger partial charge in [-0.3, -0.25) is 4.79 Å². The highest BCUT2D eigenvalue weighted by atomic mass is 35.5. The fraction of sp³-hybridized carbons (Fsp3) is 0.364. The van der Waals surface area contributed by atoms with Crippen LogP contribution in [0.2, 0.25) is 5.02 Å². The first-order valence-corrected chi connectivity index (χ1v) is 4.71. The topological polar surface area (TPSA) is 26.3 Å². The highest BCUT2D eigenvalue weighted by molar-refractivity contribution is 6.32. The zero-order valence-corrected chi connectivity index (χ0v) is 9.53. The largest absolute Gasteiger partial charge is 0.496 e. The Bertz CT molecular complexity index is 383. The highest BCUT2D eigenvalue weighted by Crippen LogP contribution is 2.31. The Hall–Kier alpha value is -1.02. The maximum Gasteiger partial charge on any atom is 0.163 e. The van der Waals surface area contributed by atoms with Gasteiger partial charge in [0, 0.05) is 5.02 Å². The second kappa shape index (κ2) is 4.01. The Labute approximate surface area is 88.8 Å². The van der Waals surface area contributed by atoms with Crippen molar-refractivity contribution in [3.05, 3.63) is 27.8 Å². The average Bonchev–Trinajstić information content (AvgIpc) is 2.13. The molecule has 0 radical (unpaired) electrons. The Morgan fingerprint density at radius 3 is 2.36 bits per heavy atom. The van der Waals surface area contributed by atoms with Crippen LogP contribution < -0.4 is 4.74 Å². The van der Waals surface area contributed by atoms with E-state index in [9.17, 15) is 4.79 Å². The fourth-order valence-corrected chi connectivity index (χ4v) is 1.63. The van der Waals surface area contributed by atoms with E-state index >= 15 is 0 Å². The van der Waals surface area contributed by atoms with Crippen molar-refractivity contribution in [3.8, 4) is 5.75 Å². The van der Waals surface area contributed by atoms with Crippen LogP contribution in [-0.4, -0.2) is 12.9 Å². The molecule has 0 saturated heterocycles. The van der Waals surface area contributed by atoms with E-state index in [1.54, 1.807) is 13.2 Å². The predicted octanol–water partition coefficient (Wildman–Crippen LogP) is 3.17. The van der Waals surface area contributed by atoms with Gasteiger partial charge in [0.1, 0.15) is 5.75 Å². The van der Waals surface area contributed by atoms with Crippen LogP contribution >= 0.6 is 11.6 Å². The molecule has 0 bridgehead atoms. The van der Waals surface area contributed by atoms with Crippen molar-refractivity contribution < 1.29 is 9.53 Å². The van der Waals surface area contributed by atoms with Gasteiger partial charge in [0.2, 0.25) is 0 Å². The van der Waals surface area contributed by atoms with Crippen molar-refractivity contribution in [2.75, 3.05) is 7.11 Å². The van der Waals surface area contributed by atoms with Crippen molar-refractivity contribution in [1.82, 2.24) is 0 Å². The molecule has 0 saturated carbocycles. The van der Waals surface area contributed by atoms with Gasteiger partial charge in [-0.1, -0.05) is 11.6 Å². The summed E-state index contributed by atoms with van der Waals surface area (Å²) in [6.45, 7) is 5.31. The molecule has 1 aromatic rings. The van der Waals surface area contributed by atoms with E-state index in [0.717, 1.165) is 11.1 Å². The van der Waals surface area contributed by atoms with E-state index in [2.05, 4.69) is 0 Å². The Kier molecular flexibility index (Phi) is 3.17. The fourth-order valence-electron chi connectivity index (χ4n) is 1.38. The molecule has 0 atom stereocenters. The van der Waals surface area contributed by atoms with E-state index in [-0.39, 0.29) is 5.78 Å². The number of methoxy groups -OCH3 is 1. The van der Waals surface area contributed by atoms with Gasteiger partial charge >= 0.3 is 0 Å². The Balaban J connectivity index is 3.51.